The fourth-order valence-corrected chi connectivity index (χ4v) is 3.98. The van der Waals surface area contributed by atoms with Gasteiger partial charge >= 0.3 is 0 Å². The maximum atomic E-state index is 10.1. The molecular formula is C12H17BrO3Si. The predicted molar refractivity (Wildman–Crippen MR) is 73.4 cm³/mol. The van der Waals surface area contributed by atoms with Gasteiger partial charge in [0, 0.05) is 5.56 Å². The van der Waals surface area contributed by atoms with E-state index in [-0.39, 0.29) is 6.29 Å². The first kappa shape index (κ1) is 13.1. The number of benzene rings is 1. The second kappa shape index (κ2) is 4.72. The minimum Gasteiger partial charge on any atom is -0.507 e. The molecule has 0 aromatic heterocycles. The summed E-state index contributed by atoms with van der Waals surface area (Å²) in [6.45, 7) is 7.87. The van der Waals surface area contributed by atoms with E-state index in [1.165, 1.54) is 0 Å². The van der Waals surface area contributed by atoms with Gasteiger partial charge in [-0.1, -0.05) is 25.7 Å². The standard InChI is InChI=1S/C12H17BrO3Si/c1-17(2,3)10-7-8(6-9(13)11(10)14)12-15-4-5-16-12/h6-7,12,14H,4-5H2,1-3H3. The summed E-state index contributed by atoms with van der Waals surface area (Å²) in [5.41, 5.74) is 0.976. The molecule has 0 aliphatic carbocycles. The molecule has 0 atom stereocenters. The Bertz CT molecular complexity index is 422. The van der Waals surface area contributed by atoms with Crippen LogP contribution in [-0.2, 0) is 9.47 Å². The number of ether oxygens (including phenoxy) is 2. The molecule has 0 bridgehead atoms. The average molecular weight is 317 g/mol. The van der Waals surface area contributed by atoms with Crippen molar-refractivity contribution in [2.24, 2.45) is 0 Å². The lowest BCUT2D eigenvalue weighted by molar-refractivity contribution is -0.0441. The number of phenolic OH excluding ortho intramolecular Hbond substituents is 1. The summed E-state index contributed by atoms with van der Waals surface area (Å²) in [4.78, 5) is 0. The highest BCUT2D eigenvalue weighted by Gasteiger charge is 2.26. The first-order valence-electron chi connectivity index (χ1n) is 5.65. The second-order valence-corrected chi connectivity index (χ2v) is 11.1. The van der Waals surface area contributed by atoms with Gasteiger partial charge in [-0.05, 0) is 27.2 Å². The Morgan fingerprint density at radius 2 is 1.82 bits per heavy atom. The van der Waals surface area contributed by atoms with Crippen LogP contribution in [0.15, 0.2) is 16.6 Å². The van der Waals surface area contributed by atoms with E-state index >= 15 is 0 Å². The van der Waals surface area contributed by atoms with Crippen molar-refractivity contribution in [3.8, 4) is 5.75 Å². The number of rotatable bonds is 2. The van der Waals surface area contributed by atoms with Gasteiger partial charge in [0.2, 0.25) is 0 Å². The van der Waals surface area contributed by atoms with Crippen molar-refractivity contribution in [3.05, 3.63) is 22.2 Å². The van der Waals surface area contributed by atoms with E-state index in [1.807, 2.05) is 12.1 Å². The maximum Gasteiger partial charge on any atom is 0.184 e. The predicted octanol–water partition coefficient (Wildman–Crippen LogP) is 2.75. The van der Waals surface area contributed by atoms with Crippen LogP contribution in [0.2, 0.25) is 19.6 Å². The molecule has 1 aromatic rings. The molecule has 17 heavy (non-hydrogen) atoms. The summed E-state index contributed by atoms with van der Waals surface area (Å²) in [6, 6.07) is 3.89. The first-order valence-corrected chi connectivity index (χ1v) is 9.95. The summed E-state index contributed by atoms with van der Waals surface area (Å²) in [5, 5.41) is 11.1. The van der Waals surface area contributed by atoms with Gasteiger partial charge in [-0.15, -0.1) is 0 Å². The highest BCUT2D eigenvalue weighted by molar-refractivity contribution is 9.10. The van der Waals surface area contributed by atoms with Crippen molar-refractivity contribution in [3.63, 3.8) is 0 Å². The van der Waals surface area contributed by atoms with Crippen molar-refractivity contribution in [2.45, 2.75) is 25.9 Å². The number of phenols is 1. The second-order valence-electron chi connectivity index (χ2n) is 5.22. The lowest BCUT2D eigenvalue weighted by Crippen LogP contribution is -2.38. The molecule has 0 radical (unpaired) electrons. The van der Waals surface area contributed by atoms with Crippen molar-refractivity contribution >= 4 is 29.2 Å². The van der Waals surface area contributed by atoms with Crippen LogP contribution in [0.25, 0.3) is 0 Å². The highest BCUT2D eigenvalue weighted by atomic mass is 79.9. The fraction of sp³-hybridized carbons (Fsp3) is 0.500. The van der Waals surface area contributed by atoms with E-state index in [2.05, 4.69) is 35.6 Å². The van der Waals surface area contributed by atoms with Gasteiger partial charge in [-0.25, -0.2) is 0 Å². The maximum absolute atomic E-state index is 10.1. The highest BCUT2D eigenvalue weighted by Crippen LogP contribution is 2.31. The monoisotopic (exact) mass is 316 g/mol. The van der Waals surface area contributed by atoms with E-state index in [9.17, 15) is 5.11 Å². The third-order valence-corrected chi connectivity index (χ3v) is 5.39. The fourth-order valence-electron chi connectivity index (χ4n) is 1.88. The van der Waals surface area contributed by atoms with Gasteiger partial charge < -0.3 is 14.6 Å². The SMILES string of the molecule is C[Si](C)(C)c1cc(C2OCCO2)cc(Br)c1O. The minimum absolute atomic E-state index is 0.290. The van der Waals surface area contributed by atoms with Gasteiger partial charge in [0.05, 0.1) is 25.8 Å². The lowest BCUT2D eigenvalue weighted by atomic mass is 10.2. The van der Waals surface area contributed by atoms with Crippen molar-refractivity contribution in [1.82, 2.24) is 0 Å². The molecule has 5 heteroatoms. The number of halogens is 1. The van der Waals surface area contributed by atoms with E-state index in [1.54, 1.807) is 0 Å². The van der Waals surface area contributed by atoms with Gasteiger partial charge in [-0.3, -0.25) is 0 Å². The third-order valence-electron chi connectivity index (χ3n) is 2.79. The Morgan fingerprint density at radius 3 is 2.35 bits per heavy atom. The molecule has 1 aromatic carbocycles. The molecule has 94 valence electrons. The molecule has 1 aliphatic rings. The Hall–Kier alpha value is -0.363. The van der Waals surface area contributed by atoms with Crippen LogP contribution in [0.5, 0.6) is 5.75 Å². The summed E-state index contributed by atoms with van der Waals surface area (Å²) < 4.78 is 11.7. The molecule has 1 N–H and O–H groups in total. The topological polar surface area (TPSA) is 38.7 Å². The molecule has 2 rings (SSSR count). The van der Waals surface area contributed by atoms with Gasteiger partial charge in [0.15, 0.2) is 6.29 Å². The van der Waals surface area contributed by atoms with E-state index in [0.717, 1.165) is 10.8 Å². The summed E-state index contributed by atoms with van der Waals surface area (Å²) in [7, 11) is -1.58. The quantitative estimate of drug-likeness (QED) is 0.853. The Morgan fingerprint density at radius 1 is 1.24 bits per heavy atom. The molecule has 0 unspecified atom stereocenters. The first-order chi connectivity index (χ1) is 7.89. The van der Waals surface area contributed by atoms with Crippen LogP contribution in [0.3, 0.4) is 0 Å². The van der Waals surface area contributed by atoms with E-state index in [4.69, 9.17) is 9.47 Å². The van der Waals surface area contributed by atoms with Crippen LogP contribution in [-0.4, -0.2) is 26.4 Å². The van der Waals surface area contributed by atoms with Gasteiger partial charge in [0.1, 0.15) is 5.75 Å². The molecule has 3 nitrogen and oxygen atoms in total. The zero-order valence-corrected chi connectivity index (χ0v) is 12.9. The van der Waals surface area contributed by atoms with Crippen molar-refractivity contribution in [2.75, 3.05) is 13.2 Å². The molecule has 0 spiro atoms. The molecule has 0 saturated carbocycles. The van der Waals surface area contributed by atoms with Crippen molar-refractivity contribution in [1.29, 1.82) is 0 Å². The van der Waals surface area contributed by atoms with Crippen molar-refractivity contribution < 1.29 is 14.6 Å². The minimum atomic E-state index is -1.58. The summed E-state index contributed by atoms with van der Waals surface area (Å²) in [6.07, 6.45) is -0.290. The molecular weight excluding hydrogens is 300 g/mol. The zero-order chi connectivity index (χ0) is 12.6. The van der Waals surface area contributed by atoms with Crippen LogP contribution >= 0.6 is 15.9 Å². The van der Waals surface area contributed by atoms with E-state index in [0.29, 0.717) is 23.4 Å². The molecule has 1 aliphatic heterocycles. The molecule has 1 saturated heterocycles. The largest absolute Gasteiger partial charge is 0.507 e. The Labute approximate surface area is 111 Å². The molecule has 0 amide bonds. The van der Waals surface area contributed by atoms with Crippen LogP contribution < -0.4 is 5.19 Å². The number of aromatic hydroxyl groups is 1. The number of hydrogen-bond acceptors (Lipinski definition) is 3. The smallest absolute Gasteiger partial charge is 0.184 e. The van der Waals surface area contributed by atoms with Gasteiger partial charge in [0.25, 0.3) is 0 Å². The lowest BCUT2D eigenvalue weighted by Gasteiger charge is -2.21. The van der Waals surface area contributed by atoms with Gasteiger partial charge in [-0.2, -0.15) is 0 Å². The third kappa shape index (κ3) is 2.73. The Kier molecular flexibility index (Phi) is 3.63. The average Bonchev–Trinajstić information content (AvgIpc) is 2.73. The van der Waals surface area contributed by atoms with Crippen LogP contribution in [0, 0.1) is 0 Å². The molecule has 1 heterocycles. The zero-order valence-electron chi connectivity index (χ0n) is 10.3. The molecule has 1 fully saturated rings. The van der Waals surface area contributed by atoms with Crippen LogP contribution in [0.4, 0.5) is 0 Å². The Balaban J connectivity index is 2.45. The number of hydrogen-bond donors (Lipinski definition) is 1. The normalized spacial score (nSPS) is 17.6. The van der Waals surface area contributed by atoms with E-state index < -0.39 is 8.07 Å². The summed E-state index contributed by atoms with van der Waals surface area (Å²) in [5.74, 6) is 0.353. The van der Waals surface area contributed by atoms with Crippen LogP contribution in [0.1, 0.15) is 11.9 Å². The summed E-state index contributed by atoms with van der Waals surface area (Å²) >= 11 is 3.40.